The Morgan fingerprint density at radius 3 is 2.93 bits per heavy atom. The van der Waals surface area contributed by atoms with E-state index in [2.05, 4.69) is 25.2 Å². The molecule has 2 aromatic heterocycles. The molecular weight excluding hydrogens is 384 g/mol. The second-order valence-corrected chi connectivity index (χ2v) is 7.49. The number of carbonyl (C=O) groups excluding carboxylic acids is 1. The number of nitrogens with one attached hydrogen (secondary N) is 3. The molecule has 3 rings (SSSR count). The van der Waals surface area contributed by atoms with Gasteiger partial charge in [-0.1, -0.05) is 0 Å². The van der Waals surface area contributed by atoms with Crippen molar-refractivity contribution in [2.24, 2.45) is 5.92 Å². The topological polar surface area (TPSA) is 125 Å². The summed E-state index contributed by atoms with van der Waals surface area (Å²) in [6.45, 7) is 3.42. The molecule has 0 unspecified atom stereocenters. The van der Waals surface area contributed by atoms with Crippen molar-refractivity contribution in [3.63, 3.8) is 0 Å². The van der Waals surface area contributed by atoms with Crippen molar-refractivity contribution in [1.29, 1.82) is 5.41 Å². The Balaban J connectivity index is 1.61. The lowest BCUT2D eigenvalue weighted by Gasteiger charge is -2.25. The van der Waals surface area contributed by atoms with Crippen LogP contribution in [0.3, 0.4) is 0 Å². The monoisotopic (exact) mass is 414 g/mol. The van der Waals surface area contributed by atoms with Gasteiger partial charge in [-0.05, 0) is 44.6 Å². The summed E-state index contributed by atoms with van der Waals surface area (Å²) in [4.78, 5) is 20.3. The van der Waals surface area contributed by atoms with Gasteiger partial charge in [0, 0.05) is 43.3 Å². The van der Waals surface area contributed by atoms with Crippen LogP contribution in [-0.2, 0) is 16.1 Å². The Labute approximate surface area is 176 Å². The van der Waals surface area contributed by atoms with Gasteiger partial charge in [0.25, 0.3) is 0 Å². The average molecular weight is 415 g/mol. The van der Waals surface area contributed by atoms with E-state index in [4.69, 9.17) is 10.1 Å². The van der Waals surface area contributed by atoms with Crippen LogP contribution in [0.2, 0.25) is 0 Å². The SMILES string of the molecule is CCOC(=O)CCN/C=C(\C=N)Nc1ncc2ccn(C[C@H]3CC[C@H](O)CC3)c2n1. The number of aromatic nitrogens is 3. The first-order chi connectivity index (χ1) is 14.6. The highest BCUT2D eigenvalue weighted by Crippen LogP contribution is 2.27. The molecule has 0 bridgehead atoms. The molecule has 2 heterocycles. The summed E-state index contributed by atoms with van der Waals surface area (Å²) in [5, 5.41) is 24.3. The number of fused-ring (bicyclic) bond motifs is 1. The van der Waals surface area contributed by atoms with Crippen LogP contribution in [0.25, 0.3) is 11.0 Å². The number of aliphatic hydroxyl groups excluding tert-OH is 1. The molecule has 0 atom stereocenters. The van der Waals surface area contributed by atoms with Crippen LogP contribution < -0.4 is 10.6 Å². The molecule has 1 aliphatic rings. The van der Waals surface area contributed by atoms with E-state index < -0.39 is 0 Å². The summed E-state index contributed by atoms with van der Waals surface area (Å²) in [5.41, 5.74) is 1.33. The third-order valence-electron chi connectivity index (χ3n) is 5.22. The molecule has 162 valence electrons. The maximum absolute atomic E-state index is 11.4. The molecule has 0 amide bonds. The molecule has 0 spiro atoms. The minimum absolute atomic E-state index is 0.155. The lowest BCUT2D eigenvalue weighted by atomic mass is 9.87. The number of rotatable bonds is 10. The van der Waals surface area contributed by atoms with Crippen LogP contribution >= 0.6 is 0 Å². The Morgan fingerprint density at radius 1 is 1.40 bits per heavy atom. The quantitative estimate of drug-likeness (QED) is 0.267. The molecule has 30 heavy (non-hydrogen) atoms. The van der Waals surface area contributed by atoms with Gasteiger partial charge in [-0.15, -0.1) is 0 Å². The smallest absolute Gasteiger partial charge is 0.307 e. The van der Waals surface area contributed by atoms with Crippen molar-refractivity contribution < 1.29 is 14.6 Å². The van der Waals surface area contributed by atoms with Gasteiger partial charge >= 0.3 is 5.97 Å². The van der Waals surface area contributed by atoms with Crippen LogP contribution in [0.15, 0.2) is 30.4 Å². The predicted molar refractivity (Wildman–Crippen MR) is 115 cm³/mol. The molecule has 9 heteroatoms. The predicted octanol–water partition coefficient (Wildman–Crippen LogP) is 2.43. The number of carbonyl (C=O) groups is 1. The molecule has 9 nitrogen and oxygen atoms in total. The Hall–Kier alpha value is -2.94. The first-order valence-corrected chi connectivity index (χ1v) is 10.5. The maximum Gasteiger partial charge on any atom is 0.307 e. The minimum atomic E-state index is -0.259. The van der Waals surface area contributed by atoms with Gasteiger partial charge in [0.1, 0.15) is 5.65 Å². The van der Waals surface area contributed by atoms with Gasteiger partial charge < -0.3 is 30.5 Å². The van der Waals surface area contributed by atoms with Crippen LogP contribution in [0.5, 0.6) is 0 Å². The zero-order chi connectivity index (χ0) is 21.3. The fraction of sp³-hybridized carbons (Fsp3) is 0.524. The highest BCUT2D eigenvalue weighted by molar-refractivity contribution is 5.81. The first-order valence-electron chi connectivity index (χ1n) is 10.5. The number of ether oxygens (including phenoxy) is 1. The van der Waals surface area contributed by atoms with E-state index in [1.165, 1.54) is 0 Å². The number of hydrogen-bond donors (Lipinski definition) is 4. The molecule has 4 N–H and O–H groups in total. The van der Waals surface area contributed by atoms with E-state index >= 15 is 0 Å². The third-order valence-corrected chi connectivity index (χ3v) is 5.22. The van der Waals surface area contributed by atoms with Crippen molar-refractivity contribution in [2.45, 2.75) is 51.7 Å². The van der Waals surface area contributed by atoms with Crippen LogP contribution in [-0.4, -0.2) is 51.1 Å². The largest absolute Gasteiger partial charge is 0.466 e. The highest BCUT2D eigenvalue weighted by Gasteiger charge is 2.20. The molecule has 2 aromatic rings. The van der Waals surface area contributed by atoms with E-state index in [0.717, 1.165) is 49.5 Å². The molecule has 0 aliphatic heterocycles. The summed E-state index contributed by atoms with van der Waals surface area (Å²) >= 11 is 0. The van der Waals surface area contributed by atoms with E-state index in [1.54, 1.807) is 19.3 Å². The fourth-order valence-electron chi connectivity index (χ4n) is 3.62. The van der Waals surface area contributed by atoms with Crippen molar-refractivity contribution in [3.05, 3.63) is 30.4 Å². The van der Waals surface area contributed by atoms with Crippen molar-refractivity contribution >= 4 is 29.2 Å². The van der Waals surface area contributed by atoms with Gasteiger partial charge in [-0.2, -0.15) is 4.98 Å². The number of aliphatic hydroxyl groups is 1. The van der Waals surface area contributed by atoms with Crippen molar-refractivity contribution in [2.75, 3.05) is 18.5 Å². The minimum Gasteiger partial charge on any atom is -0.466 e. The fourth-order valence-corrected chi connectivity index (χ4v) is 3.62. The van der Waals surface area contributed by atoms with Crippen molar-refractivity contribution in [1.82, 2.24) is 19.9 Å². The zero-order valence-electron chi connectivity index (χ0n) is 17.3. The van der Waals surface area contributed by atoms with Crippen molar-refractivity contribution in [3.8, 4) is 0 Å². The van der Waals surface area contributed by atoms with Gasteiger partial charge in [-0.25, -0.2) is 4.98 Å². The summed E-state index contributed by atoms with van der Waals surface area (Å²) in [6, 6.07) is 2.00. The van der Waals surface area contributed by atoms with E-state index in [1.807, 2.05) is 12.3 Å². The molecule has 0 radical (unpaired) electrons. The van der Waals surface area contributed by atoms with Gasteiger partial charge in [0.2, 0.25) is 5.95 Å². The van der Waals surface area contributed by atoms with E-state index in [0.29, 0.717) is 30.7 Å². The lowest BCUT2D eigenvalue weighted by Crippen LogP contribution is -2.21. The van der Waals surface area contributed by atoms with E-state index in [9.17, 15) is 9.90 Å². The number of allylic oxidation sites excluding steroid dienone is 1. The molecular formula is C21H30N6O3. The van der Waals surface area contributed by atoms with Gasteiger partial charge in [-0.3, -0.25) is 4.79 Å². The number of nitrogens with zero attached hydrogens (tertiary/aromatic N) is 3. The Morgan fingerprint density at radius 2 is 2.20 bits per heavy atom. The second-order valence-electron chi connectivity index (χ2n) is 7.49. The first kappa shape index (κ1) is 21.8. The average Bonchev–Trinajstić information content (AvgIpc) is 3.14. The summed E-state index contributed by atoms with van der Waals surface area (Å²) in [6.07, 6.45) is 10.4. The summed E-state index contributed by atoms with van der Waals surface area (Å²) in [5.74, 6) is 0.684. The van der Waals surface area contributed by atoms with Crippen LogP contribution in [0, 0.1) is 11.3 Å². The molecule has 1 saturated carbocycles. The zero-order valence-corrected chi connectivity index (χ0v) is 17.3. The standard InChI is InChI=1S/C21H30N6O3/c1-2-30-19(29)7-9-23-13-17(11-22)25-21-24-12-16-8-10-27(20(16)26-21)14-15-3-5-18(28)6-4-15/h8,10-13,15,18,22-23,28H,2-7,9,14H2,1H3,(H,24,25,26)/b17-13+,22-11?/t15-,18-. The lowest BCUT2D eigenvalue weighted by molar-refractivity contribution is -0.142. The number of hydrogen-bond acceptors (Lipinski definition) is 8. The Kier molecular flexibility index (Phi) is 7.78. The molecule has 1 fully saturated rings. The molecule has 0 saturated heterocycles. The normalized spacial score (nSPS) is 19.5. The number of anilines is 1. The maximum atomic E-state index is 11.4. The molecule has 1 aliphatic carbocycles. The number of esters is 1. The summed E-state index contributed by atoms with van der Waals surface area (Å²) < 4.78 is 7.01. The molecule has 0 aromatic carbocycles. The third kappa shape index (κ3) is 6.03. The summed E-state index contributed by atoms with van der Waals surface area (Å²) in [7, 11) is 0. The van der Waals surface area contributed by atoms with Gasteiger partial charge in [0.15, 0.2) is 0 Å². The Bertz CT molecular complexity index is 886. The van der Waals surface area contributed by atoms with Gasteiger partial charge in [0.05, 0.1) is 24.8 Å². The highest BCUT2D eigenvalue weighted by atomic mass is 16.5. The van der Waals surface area contributed by atoms with E-state index in [-0.39, 0.29) is 18.5 Å². The van der Waals surface area contributed by atoms with Crippen LogP contribution in [0.1, 0.15) is 39.0 Å². The second kappa shape index (κ2) is 10.7. The van der Waals surface area contributed by atoms with Crippen LogP contribution in [0.4, 0.5) is 5.95 Å².